The van der Waals surface area contributed by atoms with Gasteiger partial charge >= 0.3 is 0 Å². The minimum Gasteiger partial charge on any atom is -0.506 e. The zero-order valence-electron chi connectivity index (χ0n) is 7.89. The first-order valence-electron chi connectivity index (χ1n) is 4.46. The van der Waals surface area contributed by atoms with Gasteiger partial charge in [-0.2, -0.15) is 0 Å². The number of phenols is 1. The second-order valence-corrected chi connectivity index (χ2v) is 3.75. The molecule has 0 aliphatic carbocycles. The van der Waals surface area contributed by atoms with E-state index in [4.69, 9.17) is 27.9 Å². The standard InChI is InChI=1S/C10H12Cl2O2/c1-2-3-4-14-9-6-7(11)5-8(13)10(9)12/h5-6,13H,2-4H2,1H3. The van der Waals surface area contributed by atoms with E-state index >= 15 is 0 Å². The lowest BCUT2D eigenvalue weighted by atomic mass is 10.3. The van der Waals surface area contributed by atoms with Gasteiger partial charge in [0.05, 0.1) is 6.61 Å². The highest BCUT2D eigenvalue weighted by atomic mass is 35.5. The van der Waals surface area contributed by atoms with Crippen molar-refractivity contribution >= 4 is 23.2 Å². The minimum atomic E-state index is -0.0503. The number of hydrogen-bond acceptors (Lipinski definition) is 2. The predicted molar refractivity (Wildman–Crippen MR) is 58.5 cm³/mol. The van der Waals surface area contributed by atoms with Crippen molar-refractivity contribution in [3.8, 4) is 11.5 Å². The molecule has 0 unspecified atom stereocenters. The third kappa shape index (κ3) is 2.96. The number of benzene rings is 1. The Morgan fingerprint density at radius 1 is 1.36 bits per heavy atom. The highest BCUT2D eigenvalue weighted by Crippen LogP contribution is 2.36. The molecule has 0 bridgehead atoms. The number of halogens is 2. The summed E-state index contributed by atoms with van der Waals surface area (Å²) in [6.07, 6.45) is 1.99. The fraction of sp³-hybridized carbons (Fsp3) is 0.400. The molecule has 0 amide bonds. The maximum absolute atomic E-state index is 9.34. The summed E-state index contributed by atoms with van der Waals surface area (Å²) in [6, 6.07) is 2.98. The van der Waals surface area contributed by atoms with Gasteiger partial charge in [0.2, 0.25) is 0 Å². The van der Waals surface area contributed by atoms with Crippen molar-refractivity contribution in [2.75, 3.05) is 6.61 Å². The second kappa shape index (κ2) is 5.32. The summed E-state index contributed by atoms with van der Waals surface area (Å²) >= 11 is 11.5. The molecule has 0 aliphatic heterocycles. The van der Waals surface area contributed by atoms with Crippen molar-refractivity contribution in [2.45, 2.75) is 19.8 Å². The van der Waals surface area contributed by atoms with Crippen LogP contribution in [0.4, 0.5) is 0 Å². The summed E-state index contributed by atoms with van der Waals surface area (Å²) in [5.74, 6) is 0.385. The fourth-order valence-corrected chi connectivity index (χ4v) is 1.35. The minimum absolute atomic E-state index is 0.0503. The van der Waals surface area contributed by atoms with Gasteiger partial charge in [-0.25, -0.2) is 0 Å². The predicted octanol–water partition coefficient (Wildman–Crippen LogP) is 3.88. The van der Waals surface area contributed by atoms with E-state index in [1.54, 1.807) is 6.07 Å². The van der Waals surface area contributed by atoms with E-state index < -0.39 is 0 Å². The van der Waals surface area contributed by atoms with E-state index in [-0.39, 0.29) is 10.8 Å². The fourth-order valence-electron chi connectivity index (χ4n) is 0.982. The number of unbranched alkanes of at least 4 members (excludes halogenated alkanes) is 1. The van der Waals surface area contributed by atoms with Crippen molar-refractivity contribution in [1.82, 2.24) is 0 Å². The van der Waals surface area contributed by atoms with Crippen molar-refractivity contribution in [3.63, 3.8) is 0 Å². The summed E-state index contributed by atoms with van der Waals surface area (Å²) < 4.78 is 5.36. The SMILES string of the molecule is CCCCOc1cc(Cl)cc(O)c1Cl. The quantitative estimate of drug-likeness (QED) is 0.802. The van der Waals surface area contributed by atoms with Gasteiger partial charge in [0.25, 0.3) is 0 Å². The number of ether oxygens (including phenoxy) is 1. The Bertz CT molecular complexity index is 313. The Morgan fingerprint density at radius 3 is 2.71 bits per heavy atom. The van der Waals surface area contributed by atoms with Gasteiger partial charge in [0, 0.05) is 17.2 Å². The molecule has 1 rings (SSSR count). The molecule has 1 aromatic rings. The first kappa shape index (κ1) is 11.5. The summed E-state index contributed by atoms with van der Waals surface area (Å²) in [5.41, 5.74) is 0. The Morgan fingerprint density at radius 2 is 2.07 bits per heavy atom. The average molecular weight is 235 g/mol. The molecule has 0 heterocycles. The molecule has 1 N–H and O–H groups in total. The maximum Gasteiger partial charge on any atom is 0.143 e. The van der Waals surface area contributed by atoms with E-state index in [1.165, 1.54) is 6.07 Å². The first-order chi connectivity index (χ1) is 6.65. The molecular weight excluding hydrogens is 223 g/mol. The molecule has 0 aromatic heterocycles. The zero-order chi connectivity index (χ0) is 10.6. The largest absolute Gasteiger partial charge is 0.506 e. The van der Waals surface area contributed by atoms with Crippen molar-refractivity contribution in [1.29, 1.82) is 0 Å². The van der Waals surface area contributed by atoms with E-state index in [0.717, 1.165) is 12.8 Å². The van der Waals surface area contributed by atoms with Crippen LogP contribution in [0, 0.1) is 0 Å². The highest BCUT2D eigenvalue weighted by molar-refractivity contribution is 6.35. The molecule has 0 spiro atoms. The maximum atomic E-state index is 9.34. The van der Waals surface area contributed by atoms with E-state index in [9.17, 15) is 5.11 Å². The molecule has 14 heavy (non-hydrogen) atoms. The van der Waals surface area contributed by atoms with Gasteiger partial charge in [-0.1, -0.05) is 36.5 Å². The van der Waals surface area contributed by atoms with E-state index in [2.05, 4.69) is 6.92 Å². The zero-order valence-corrected chi connectivity index (χ0v) is 9.40. The van der Waals surface area contributed by atoms with Crippen LogP contribution in [-0.2, 0) is 0 Å². The van der Waals surface area contributed by atoms with Gasteiger partial charge in [0.1, 0.15) is 16.5 Å². The molecule has 2 nitrogen and oxygen atoms in total. The van der Waals surface area contributed by atoms with Crippen molar-refractivity contribution < 1.29 is 9.84 Å². The third-order valence-electron chi connectivity index (χ3n) is 1.74. The van der Waals surface area contributed by atoms with Crippen molar-refractivity contribution in [2.24, 2.45) is 0 Å². The summed E-state index contributed by atoms with van der Waals surface area (Å²) in [5, 5.41) is 9.97. The van der Waals surface area contributed by atoms with Crippen LogP contribution in [0.1, 0.15) is 19.8 Å². The smallest absolute Gasteiger partial charge is 0.143 e. The van der Waals surface area contributed by atoms with Crippen molar-refractivity contribution in [3.05, 3.63) is 22.2 Å². The highest BCUT2D eigenvalue weighted by Gasteiger charge is 2.08. The number of hydrogen-bond donors (Lipinski definition) is 1. The van der Waals surface area contributed by atoms with E-state index in [0.29, 0.717) is 17.4 Å². The molecule has 0 aliphatic rings. The molecule has 4 heteroatoms. The van der Waals surface area contributed by atoms with Crippen LogP contribution in [0.25, 0.3) is 0 Å². The van der Waals surface area contributed by atoms with Crippen LogP contribution in [0.5, 0.6) is 11.5 Å². The molecule has 0 fully saturated rings. The van der Waals surface area contributed by atoms with Crippen LogP contribution in [0.2, 0.25) is 10.0 Å². The van der Waals surface area contributed by atoms with Gasteiger partial charge < -0.3 is 9.84 Å². The normalized spacial score (nSPS) is 10.2. The third-order valence-corrected chi connectivity index (χ3v) is 2.34. The Kier molecular flexibility index (Phi) is 4.36. The monoisotopic (exact) mass is 234 g/mol. The molecule has 0 saturated carbocycles. The van der Waals surface area contributed by atoms with Gasteiger partial charge in [-0.05, 0) is 6.42 Å². The molecule has 1 aromatic carbocycles. The second-order valence-electron chi connectivity index (χ2n) is 2.94. The van der Waals surface area contributed by atoms with Crippen LogP contribution < -0.4 is 4.74 Å². The Labute approximate surface area is 93.4 Å². The number of phenolic OH excluding ortho intramolecular Hbond substituents is 1. The van der Waals surface area contributed by atoms with Crippen LogP contribution in [0.15, 0.2) is 12.1 Å². The molecule has 78 valence electrons. The summed E-state index contributed by atoms with van der Waals surface area (Å²) in [6.45, 7) is 2.65. The number of rotatable bonds is 4. The summed E-state index contributed by atoms with van der Waals surface area (Å²) in [4.78, 5) is 0. The van der Waals surface area contributed by atoms with E-state index in [1.807, 2.05) is 0 Å². The van der Waals surface area contributed by atoms with Crippen LogP contribution in [-0.4, -0.2) is 11.7 Å². The van der Waals surface area contributed by atoms with Gasteiger partial charge in [0.15, 0.2) is 0 Å². The van der Waals surface area contributed by atoms with Crippen LogP contribution in [0.3, 0.4) is 0 Å². The molecular formula is C10H12Cl2O2. The van der Waals surface area contributed by atoms with Gasteiger partial charge in [-0.3, -0.25) is 0 Å². The molecule has 0 atom stereocenters. The van der Waals surface area contributed by atoms with Crippen LogP contribution >= 0.6 is 23.2 Å². The summed E-state index contributed by atoms with van der Waals surface area (Å²) in [7, 11) is 0. The lowest BCUT2D eigenvalue weighted by molar-refractivity contribution is 0.308. The average Bonchev–Trinajstić information content (AvgIpc) is 2.13. The lowest BCUT2D eigenvalue weighted by Crippen LogP contribution is -1.96. The van der Waals surface area contributed by atoms with Gasteiger partial charge in [-0.15, -0.1) is 0 Å². The Balaban J connectivity index is 2.75. The topological polar surface area (TPSA) is 29.5 Å². The molecule has 0 saturated heterocycles. The molecule has 0 radical (unpaired) electrons. The number of aromatic hydroxyl groups is 1. The Hall–Kier alpha value is -0.600. The lowest BCUT2D eigenvalue weighted by Gasteiger charge is -2.08. The first-order valence-corrected chi connectivity index (χ1v) is 5.21.